The maximum absolute atomic E-state index is 11.0. The number of benzene rings is 1. The zero-order chi connectivity index (χ0) is 12.0. The van der Waals surface area contributed by atoms with E-state index in [4.69, 9.17) is 5.11 Å². The molecule has 0 unspecified atom stereocenters. The largest absolute Gasteiger partial charge is 0.396 e. The van der Waals surface area contributed by atoms with Gasteiger partial charge in [0.15, 0.2) is 6.29 Å². The first kappa shape index (κ1) is 13.2. The first-order chi connectivity index (χ1) is 7.72. The van der Waals surface area contributed by atoms with Gasteiger partial charge in [0.25, 0.3) is 0 Å². The van der Waals surface area contributed by atoms with Crippen molar-refractivity contribution in [2.45, 2.75) is 13.3 Å². The van der Waals surface area contributed by atoms with Crippen molar-refractivity contribution in [2.24, 2.45) is 0 Å². The van der Waals surface area contributed by atoms with Crippen LogP contribution < -0.4 is 4.90 Å². The first-order valence-corrected chi connectivity index (χ1v) is 6.12. The normalized spacial score (nSPS) is 10.2. The van der Waals surface area contributed by atoms with Crippen LogP contribution >= 0.6 is 15.9 Å². The smallest absolute Gasteiger partial charge is 0.152 e. The molecule has 3 nitrogen and oxygen atoms in total. The third-order valence-corrected chi connectivity index (χ3v) is 2.92. The number of aliphatic hydroxyl groups is 1. The maximum Gasteiger partial charge on any atom is 0.152 e. The molecule has 1 aromatic rings. The number of anilines is 1. The summed E-state index contributed by atoms with van der Waals surface area (Å²) >= 11 is 3.34. The third-order valence-electron chi connectivity index (χ3n) is 2.43. The van der Waals surface area contributed by atoms with E-state index in [1.54, 1.807) is 0 Å². The van der Waals surface area contributed by atoms with Gasteiger partial charge >= 0.3 is 0 Å². The van der Waals surface area contributed by atoms with Crippen LogP contribution in [0.4, 0.5) is 5.69 Å². The van der Waals surface area contributed by atoms with Crippen molar-refractivity contribution in [3.63, 3.8) is 0 Å². The Labute approximate surface area is 104 Å². The summed E-state index contributed by atoms with van der Waals surface area (Å²) in [6.45, 7) is 3.79. The molecule has 1 rings (SSSR count). The van der Waals surface area contributed by atoms with Crippen LogP contribution in [0.3, 0.4) is 0 Å². The molecule has 1 aromatic carbocycles. The number of hydrogen-bond donors (Lipinski definition) is 1. The molecule has 4 heteroatoms. The standard InChI is InChI=1S/C12H16BrNO2/c1-2-14(6-3-7-15)12-5-4-11(13)8-10(12)9-16/h4-5,8-9,15H,2-3,6-7H2,1H3. The molecule has 0 aliphatic heterocycles. The monoisotopic (exact) mass is 285 g/mol. The van der Waals surface area contributed by atoms with Gasteiger partial charge in [-0.2, -0.15) is 0 Å². The Morgan fingerprint density at radius 2 is 2.25 bits per heavy atom. The summed E-state index contributed by atoms with van der Waals surface area (Å²) in [6, 6.07) is 5.66. The fourth-order valence-electron chi connectivity index (χ4n) is 1.62. The van der Waals surface area contributed by atoms with Crippen molar-refractivity contribution in [2.75, 3.05) is 24.6 Å². The molecule has 0 aliphatic rings. The van der Waals surface area contributed by atoms with Gasteiger partial charge in [0, 0.05) is 35.4 Å². The predicted octanol–water partition coefficient (Wildman–Crippen LogP) is 2.47. The highest BCUT2D eigenvalue weighted by molar-refractivity contribution is 9.10. The van der Waals surface area contributed by atoms with Crippen molar-refractivity contribution in [3.8, 4) is 0 Å². The number of halogens is 1. The molecule has 0 atom stereocenters. The van der Waals surface area contributed by atoms with E-state index in [0.717, 1.165) is 29.5 Å². The van der Waals surface area contributed by atoms with Crippen molar-refractivity contribution in [3.05, 3.63) is 28.2 Å². The van der Waals surface area contributed by atoms with Gasteiger partial charge in [-0.25, -0.2) is 0 Å². The van der Waals surface area contributed by atoms with E-state index in [2.05, 4.69) is 20.8 Å². The van der Waals surface area contributed by atoms with Gasteiger partial charge in [0.1, 0.15) is 0 Å². The highest BCUT2D eigenvalue weighted by Crippen LogP contribution is 2.23. The average Bonchev–Trinajstić information content (AvgIpc) is 2.31. The summed E-state index contributed by atoms with van der Waals surface area (Å²) in [5, 5.41) is 8.82. The second-order valence-corrected chi connectivity index (χ2v) is 4.39. The first-order valence-electron chi connectivity index (χ1n) is 5.33. The second kappa shape index (κ2) is 6.66. The van der Waals surface area contributed by atoms with Crippen molar-refractivity contribution < 1.29 is 9.90 Å². The molecule has 0 saturated carbocycles. The van der Waals surface area contributed by atoms with E-state index in [1.165, 1.54) is 0 Å². The fraction of sp³-hybridized carbons (Fsp3) is 0.417. The lowest BCUT2D eigenvalue weighted by Gasteiger charge is -2.24. The predicted molar refractivity (Wildman–Crippen MR) is 69.1 cm³/mol. The number of aldehydes is 1. The van der Waals surface area contributed by atoms with Crippen LogP contribution in [0.2, 0.25) is 0 Å². The lowest BCUT2D eigenvalue weighted by atomic mass is 10.1. The van der Waals surface area contributed by atoms with E-state index < -0.39 is 0 Å². The Morgan fingerprint density at radius 3 is 2.81 bits per heavy atom. The molecule has 0 fully saturated rings. The summed E-state index contributed by atoms with van der Waals surface area (Å²) < 4.78 is 0.900. The van der Waals surface area contributed by atoms with Crippen molar-refractivity contribution in [1.82, 2.24) is 0 Å². The molecule has 0 radical (unpaired) electrons. The van der Waals surface area contributed by atoms with E-state index in [-0.39, 0.29) is 6.61 Å². The number of carbonyl (C=O) groups excluding carboxylic acids is 1. The van der Waals surface area contributed by atoms with Crippen LogP contribution in [0.5, 0.6) is 0 Å². The quantitative estimate of drug-likeness (QED) is 0.817. The van der Waals surface area contributed by atoms with Gasteiger partial charge in [0.2, 0.25) is 0 Å². The molecule has 0 amide bonds. The van der Waals surface area contributed by atoms with E-state index in [9.17, 15) is 4.79 Å². The molecule has 0 aromatic heterocycles. The zero-order valence-electron chi connectivity index (χ0n) is 9.32. The van der Waals surface area contributed by atoms with Crippen LogP contribution in [-0.4, -0.2) is 31.1 Å². The molecule has 0 bridgehead atoms. The van der Waals surface area contributed by atoms with E-state index in [0.29, 0.717) is 12.0 Å². The van der Waals surface area contributed by atoms with Gasteiger partial charge in [0.05, 0.1) is 0 Å². The highest BCUT2D eigenvalue weighted by atomic mass is 79.9. The summed E-state index contributed by atoms with van der Waals surface area (Å²) in [4.78, 5) is 13.1. The average molecular weight is 286 g/mol. The minimum Gasteiger partial charge on any atom is -0.396 e. The molecular formula is C12H16BrNO2. The Balaban J connectivity index is 2.94. The minimum atomic E-state index is 0.170. The number of rotatable bonds is 6. The molecule has 88 valence electrons. The fourth-order valence-corrected chi connectivity index (χ4v) is 2.00. The van der Waals surface area contributed by atoms with Gasteiger partial charge in [-0.3, -0.25) is 4.79 Å². The number of aliphatic hydroxyl groups excluding tert-OH is 1. The SMILES string of the molecule is CCN(CCCO)c1ccc(Br)cc1C=O. The molecule has 0 spiro atoms. The maximum atomic E-state index is 11.0. The molecule has 1 N–H and O–H groups in total. The highest BCUT2D eigenvalue weighted by Gasteiger charge is 2.09. The van der Waals surface area contributed by atoms with Crippen molar-refractivity contribution >= 4 is 27.9 Å². The molecule has 16 heavy (non-hydrogen) atoms. The lowest BCUT2D eigenvalue weighted by molar-refractivity contribution is 0.112. The number of hydrogen-bond acceptors (Lipinski definition) is 3. The van der Waals surface area contributed by atoms with Crippen LogP contribution in [0, 0.1) is 0 Å². The Kier molecular flexibility index (Phi) is 5.49. The van der Waals surface area contributed by atoms with Crippen molar-refractivity contribution in [1.29, 1.82) is 0 Å². The Bertz CT molecular complexity index is 355. The van der Waals surface area contributed by atoms with Gasteiger partial charge in [-0.1, -0.05) is 15.9 Å². The molecule has 0 aliphatic carbocycles. The summed E-state index contributed by atoms with van der Waals surface area (Å²) in [5.41, 5.74) is 1.60. The Hall–Kier alpha value is -0.870. The van der Waals surface area contributed by atoms with Gasteiger partial charge < -0.3 is 10.0 Å². The van der Waals surface area contributed by atoms with Crippen LogP contribution in [-0.2, 0) is 0 Å². The summed E-state index contributed by atoms with van der Waals surface area (Å²) in [7, 11) is 0. The minimum absolute atomic E-state index is 0.170. The van der Waals surface area contributed by atoms with E-state index in [1.807, 2.05) is 25.1 Å². The van der Waals surface area contributed by atoms with Crippen LogP contribution in [0.25, 0.3) is 0 Å². The lowest BCUT2D eigenvalue weighted by Crippen LogP contribution is -2.25. The van der Waals surface area contributed by atoms with Crippen LogP contribution in [0.15, 0.2) is 22.7 Å². The van der Waals surface area contributed by atoms with Gasteiger partial charge in [-0.05, 0) is 31.5 Å². The molecule has 0 heterocycles. The topological polar surface area (TPSA) is 40.5 Å². The third kappa shape index (κ3) is 3.32. The number of nitrogens with zero attached hydrogens (tertiary/aromatic N) is 1. The molecular weight excluding hydrogens is 270 g/mol. The number of carbonyl (C=O) groups is 1. The molecule has 0 saturated heterocycles. The second-order valence-electron chi connectivity index (χ2n) is 3.48. The van der Waals surface area contributed by atoms with E-state index >= 15 is 0 Å². The van der Waals surface area contributed by atoms with Crippen LogP contribution in [0.1, 0.15) is 23.7 Å². The summed E-state index contributed by atoms with van der Waals surface area (Å²) in [6.07, 6.45) is 1.57. The van der Waals surface area contributed by atoms with Gasteiger partial charge in [-0.15, -0.1) is 0 Å². The Morgan fingerprint density at radius 1 is 1.50 bits per heavy atom. The zero-order valence-corrected chi connectivity index (χ0v) is 10.9. The summed E-state index contributed by atoms with van der Waals surface area (Å²) in [5.74, 6) is 0.